The van der Waals surface area contributed by atoms with Gasteiger partial charge in [0.05, 0.1) is 0 Å². The number of carbonyl (C=O) groups is 1. The molecule has 0 atom stereocenters. The average Bonchev–Trinajstić information content (AvgIpc) is 2.47. The molecule has 0 bridgehead atoms. The van der Waals surface area contributed by atoms with Crippen LogP contribution in [0.3, 0.4) is 0 Å². The molecule has 20 heavy (non-hydrogen) atoms. The first kappa shape index (κ1) is 15.5. The topological polar surface area (TPSA) is 32.3 Å². The Kier molecular flexibility index (Phi) is 5.61. The van der Waals surface area contributed by atoms with E-state index in [4.69, 9.17) is 0 Å². The van der Waals surface area contributed by atoms with Crippen LogP contribution in [0.4, 0.5) is 0 Å². The van der Waals surface area contributed by atoms with E-state index in [0.717, 1.165) is 54.0 Å². The van der Waals surface area contributed by atoms with Crippen molar-refractivity contribution in [2.24, 2.45) is 5.92 Å². The minimum absolute atomic E-state index is 0.177. The van der Waals surface area contributed by atoms with Gasteiger partial charge in [-0.05, 0) is 63.4 Å². The normalized spacial score (nSPS) is 16.4. The summed E-state index contributed by atoms with van der Waals surface area (Å²) in [5.41, 5.74) is 1.88. The molecule has 1 aromatic carbocycles. The number of amides is 1. The quantitative estimate of drug-likeness (QED) is 0.914. The fourth-order valence-corrected chi connectivity index (χ4v) is 3.13. The number of hydrogen-bond donors (Lipinski definition) is 1. The zero-order valence-electron chi connectivity index (χ0n) is 12.3. The van der Waals surface area contributed by atoms with E-state index in [-0.39, 0.29) is 5.91 Å². The summed E-state index contributed by atoms with van der Waals surface area (Å²) in [6.45, 7) is 4.85. The van der Waals surface area contributed by atoms with Crippen LogP contribution in [-0.4, -0.2) is 37.5 Å². The summed E-state index contributed by atoms with van der Waals surface area (Å²) >= 11 is 3.45. The van der Waals surface area contributed by atoms with Crippen LogP contribution in [0.15, 0.2) is 22.7 Å². The summed E-state index contributed by atoms with van der Waals surface area (Å²) in [6.07, 6.45) is 3.47. The van der Waals surface area contributed by atoms with Crippen LogP contribution in [0.25, 0.3) is 0 Å². The molecule has 1 fully saturated rings. The zero-order valence-corrected chi connectivity index (χ0v) is 13.9. The molecular formula is C16H23BrN2O. The molecule has 0 radical (unpaired) electrons. The first-order chi connectivity index (χ1) is 9.61. The Morgan fingerprint density at radius 1 is 1.40 bits per heavy atom. The summed E-state index contributed by atoms with van der Waals surface area (Å²) in [5, 5.41) is 3.20. The van der Waals surface area contributed by atoms with Gasteiger partial charge in [-0.3, -0.25) is 4.79 Å². The fourth-order valence-electron chi connectivity index (χ4n) is 2.77. The van der Waals surface area contributed by atoms with Gasteiger partial charge in [-0.15, -0.1) is 0 Å². The van der Waals surface area contributed by atoms with Crippen LogP contribution in [0.2, 0.25) is 0 Å². The molecule has 0 unspecified atom stereocenters. The largest absolute Gasteiger partial charge is 0.339 e. The molecule has 1 saturated heterocycles. The van der Waals surface area contributed by atoms with E-state index in [1.165, 1.54) is 6.42 Å². The molecule has 2 rings (SSSR count). The van der Waals surface area contributed by atoms with Crippen molar-refractivity contribution in [1.29, 1.82) is 0 Å². The molecule has 3 nitrogen and oxygen atoms in total. The number of nitrogens with one attached hydrogen (secondary N) is 1. The van der Waals surface area contributed by atoms with Gasteiger partial charge < -0.3 is 10.2 Å². The van der Waals surface area contributed by atoms with E-state index in [1.807, 2.05) is 37.1 Å². The van der Waals surface area contributed by atoms with Crippen LogP contribution >= 0.6 is 15.9 Å². The molecule has 1 aliphatic rings. The van der Waals surface area contributed by atoms with Gasteiger partial charge >= 0.3 is 0 Å². The third-order valence-electron chi connectivity index (χ3n) is 4.13. The number of halogens is 1. The Morgan fingerprint density at radius 3 is 2.75 bits per heavy atom. The Morgan fingerprint density at radius 2 is 2.10 bits per heavy atom. The van der Waals surface area contributed by atoms with Crippen LogP contribution < -0.4 is 5.32 Å². The molecule has 1 heterocycles. The van der Waals surface area contributed by atoms with Crippen molar-refractivity contribution in [2.75, 3.05) is 26.7 Å². The second kappa shape index (κ2) is 7.23. The van der Waals surface area contributed by atoms with Crippen molar-refractivity contribution in [3.8, 4) is 0 Å². The number of aryl methyl sites for hydroxylation is 1. The minimum Gasteiger partial charge on any atom is -0.339 e. The van der Waals surface area contributed by atoms with Gasteiger partial charge in [0.2, 0.25) is 0 Å². The van der Waals surface area contributed by atoms with Gasteiger partial charge in [0, 0.05) is 23.1 Å². The molecule has 0 aromatic heterocycles. The third kappa shape index (κ3) is 3.83. The predicted molar refractivity (Wildman–Crippen MR) is 86.1 cm³/mol. The molecule has 1 aromatic rings. The number of nitrogens with zero attached hydrogens (tertiary/aromatic N) is 1. The minimum atomic E-state index is 0.177. The van der Waals surface area contributed by atoms with E-state index in [0.29, 0.717) is 0 Å². The van der Waals surface area contributed by atoms with Crippen LogP contribution in [0, 0.1) is 12.8 Å². The lowest BCUT2D eigenvalue weighted by Gasteiger charge is -2.32. The first-order valence-corrected chi connectivity index (χ1v) is 8.11. The molecule has 0 aliphatic carbocycles. The molecule has 110 valence electrons. The van der Waals surface area contributed by atoms with Crippen LogP contribution in [-0.2, 0) is 0 Å². The second-order valence-electron chi connectivity index (χ2n) is 5.59. The summed E-state index contributed by atoms with van der Waals surface area (Å²) < 4.78 is 0.968. The summed E-state index contributed by atoms with van der Waals surface area (Å²) in [6, 6.07) is 5.91. The number of rotatable bonds is 4. The Labute approximate surface area is 129 Å². The highest BCUT2D eigenvalue weighted by Crippen LogP contribution is 2.23. The van der Waals surface area contributed by atoms with Gasteiger partial charge in [-0.1, -0.05) is 22.0 Å². The molecule has 1 N–H and O–H groups in total. The van der Waals surface area contributed by atoms with E-state index in [1.54, 1.807) is 0 Å². The van der Waals surface area contributed by atoms with E-state index >= 15 is 0 Å². The summed E-state index contributed by atoms with van der Waals surface area (Å²) in [7, 11) is 1.99. The highest BCUT2D eigenvalue weighted by atomic mass is 79.9. The Hall–Kier alpha value is -0.870. The van der Waals surface area contributed by atoms with Gasteiger partial charge in [-0.2, -0.15) is 0 Å². The van der Waals surface area contributed by atoms with Crippen molar-refractivity contribution in [3.63, 3.8) is 0 Å². The highest BCUT2D eigenvalue weighted by molar-refractivity contribution is 9.10. The van der Waals surface area contributed by atoms with Gasteiger partial charge in [-0.25, -0.2) is 0 Å². The Bertz CT molecular complexity index is 468. The van der Waals surface area contributed by atoms with E-state index < -0.39 is 0 Å². The average molecular weight is 339 g/mol. The number of carbonyl (C=O) groups excluding carboxylic acids is 1. The Balaban J connectivity index is 1.96. The maximum Gasteiger partial charge on any atom is 0.254 e. The lowest BCUT2D eigenvalue weighted by molar-refractivity contribution is 0.0686. The van der Waals surface area contributed by atoms with Gasteiger partial charge in [0.25, 0.3) is 5.91 Å². The zero-order chi connectivity index (χ0) is 14.5. The highest BCUT2D eigenvalue weighted by Gasteiger charge is 2.24. The second-order valence-corrected chi connectivity index (χ2v) is 6.50. The molecule has 4 heteroatoms. The summed E-state index contributed by atoms with van der Waals surface area (Å²) in [5.74, 6) is 0.936. The van der Waals surface area contributed by atoms with Crippen molar-refractivity contribution in [2.45, 2.75) is 26.2 Å². The SMILES string of the molecule is CNCCC1CCN(C(=O)c2cc(Br)ccc2C)CC1. The van der Waals surface area contributed by atoms with Gasteiger partial charge in [0.1, 0.15) is 0 Å². The maximum absolute atomic E-state index is 12.6. The fraction of sp³-hybridized carbons (Fsp3) is 0.562. The number of benzene rings is 1. The predicted octanol–water partition coefficient (Wildman–Crippen LogP) is 3.22. The van der Waals surface area contributed by atoms with Gasteiger partial charge in [0.15, 0.2) is 0 Å². The van der Waals surface area contributed by atoms with E-state index in [9.17, 15) is 4.79 Å². The lowest BCUT2D eigenvalue weighted by Crippen LogP contribution is -2.39. The summed E-state index contributed by atoms with van der Waals surface area (Å²) in [4.78, 5) is 14.6. The van der Waals surface area contributed by atoms with Crippen molar-refractivity contribution in [3.05, 3.63) is 33.8 Å². The molecule has 1 aliphatic heterocycles. The van der Waals surface area contributed by atoms with E-state index in [2.05, 4.69) is 21.2 Å². The monoisotopic (exact) mass is 338 g/mol. The smallest absolute Gasteiger partial charge is 0.254 e. The van der Waals surface area contributed by atoms with Crippen LogP contribution in [0.1, 0.15) is 35.2 Å². The molecular weight excluding hydrogens is 316 g/mol. The van der Waals surface area contributed by atoms with Crippen molar-refractivity contribution >= 4 is 21.8 Å². The number of hydrogen-bond acceptors (Lipinski definition) is 2. The number of likely N-dealkylation sites (tertiary alicyclic amines) is 1. The lowest BCUT2D eigenvalue weighted by atomic mass is 9.93. The molecule has 1 amide bonds. The van der Waals surface area contributed by atoms with Crippen molar-refractivity contribution < 1.29 is 4.79 Å². The molecule has 0 spiro atoms. The standard InChI is InChI=1S/C16H23BrN2O/c1-12-3-4-14(17)11-15(12)16(20)19-9-6-13(7-10-19)5-8-18-2/h3-4,11,13,18H,5-10H2,1-2H3. The van der Waals surface area contributed by atoms with Crippen molar-refractivity contribution in [1.82, 2.24) is 10.2 Å². The third-order valence-corrected chi connectivity index (χ3v) is 4.63. The molecule has 0 saturated carbocycles. The van der Waals surface area contributed by atoms with Crippen LogP contribution in [0.5, 0.6) is 0 Å². The maximum atomic E-state index is 12.6. The number of piperidine rings is 1. The first-order valence-electron chi connectivity index (χ1n) is 7.32.